The van der Waals surface area contributed by atoms with Crippen molar-refractivity contribution in [1.82, 2.24) is 15.1 Å². The van der Waals surface area contributed by atoms with Crippen LogP contribution in [0.1, 0.15) is 30.3 Å². The highest BCUT2D eigenvalue weighted by atomic mass is 16.5. The van der Waals surface area contributed by atoms with Gasteiger partial charge in [-0.2, -0.15) is 4.98 Å². The molecule has 1 aromatic carbocycles. The summed E-state index contributed by atoms with van der Waals surface area (Å²) in [7, 11) is 0. The van der Waals surface area contributed by atoms with Crippen LogP contribution >= 0.6 is 0 Å². The fraction of sp³-hybridized carbons (Fsp3) is 0.267. The van der Waals surface area contributed by atoms with E-state index in [0.29, 0.717) is 11.8 Å². The van der Waals surface area contributed by atoms with Crippen molar-refractivity contribution in [2.24, 2.45) is 0 Å². The Balaban J connectivity index is 1.92. The zero-order valence-corrected chi connectivity index (χ0v) is 10.6. The third kappa shape index (κ3) is 1.80. The van der Waals surface area contributed by atoms with E-state index in [9.17, 15) is 0 Å². The molecule has 4 rings (SSSR count). The molecule has 1 aliphatic rings. The number of para-hydroxylation sites is 1. The average Bonchev–Trinajstić information content (AvgIpc) is 3.16. The second-order valence-corrected chi connectivity index (χ2v) is 5.06. The van der Waals surface area contributed by atoms with Gasteiger partial charge in [0.15, 0.2) is 5.82 Å². The van der Waals surface area contributed by atoms with E-state index in [2.05, 4.69) is 15.1 Å². The molecule has 0 amide bonds. The quantitative estimate of drug-likeness (QED) is 0.699. The SMILES string of the molecule is Cc1cc(-c2nc(C3CC3)no2)c2ccccc2n1. The third-order valence-corrected chi connectivity index (χ3v) is 3.46. The van der Waals surface area contributed by atoms with Crippen LogP contribution in [0.15, 0.2) is 34.9 Å². The number of aryl methyl sites for hydroxylation is 1. The van der Waals surface area contributed by atoms with Crippen molar-refractivity contribution < 1.29 is 4.52 Å². The summed E-state index contributed by atoms with van der Waals surface area (Å²) in [5.74, 6) is 1.95. The minimum absolute atomic E-state index is 0.506. The highest BCUT2D eigenvalue weighted by molar-refractivity contribution is 5.92. The molecule has 2 aromatic heterocycles. The van der Waals surface area contributed by atoms with Gasteiger partial charge in [0.2, 0.25) is 0 Å². The molecule has 4 heteroatoms. The lowest BCUT2D eigenvalue weighted by molar-refractivity contribution is 0.423. The molecule has 0 atom stereocenters. The molecule has 2 heterocycles. The molecule has 0 bridgehead atoms. The van der Waals surface area contributed by atoms with Crippen LogP contribution in [0.4, 0.5) is 0 Å². The molecule has 0 saturated heterocycles. The molecule has 0 unspecified atom stereocenters. The zero-order chi connectivity index (χ0) is 12.8. The average molecular weight is 251 g/mol. The van der Waals surface area contributed by atoms with Gasteiger partial charge >= 0.3 is 0 Å². The molecule has 0 spiro atoms. The van der Waals surface area contributed by atoms with E-state index >= 15 is 0 Å². The van der Waals surface area contributed by atoms with Crippen molar-refractivity contribution in [3.8, 4) is 11.5 Å². The van der Waals surface area contributed by atoms with Gasteiger partial charge in [-0.15, -0.1) is 0 Å². The summed E-state index contributed by atoms with van der Waals surface area (Å²) in [4.78, 5) is 9.05. The van der Waals surface area contributed by atoms with Gasteiger partial charge in [0.25, 0.3) is 5.89 Å². The molecule has 3 aromatic rings. The molecule has 0 radical (unpaired) electrons. The Kier molecular flexibility index (Phi) is 2.18. The molecule has 0 aliphatic heterocycles. The predicted molar refractivity (Wildman–Crippen MR) is 71.7 cm³/mol. The van der Waals surface area contributed by atoms with Crippen LogP contribution in [0, 0.1) is 6.92 Å². The van der Waals surface area contributed by atoms with Gasteiger partial charge in [0, 0.05) is 17.0 Å². The Bertz CT molecular complexity index is 759. The fourth-order valence-corrected chi connectivity index (χ4v) is 2.34. The Labute approximate surface area is 110 Å². The van der Waals surface area contributed by atoms with Crippen molar-refractivity contribution in [2.75, 3.05) is 0 Å². The van der Waals surface area contributed by atoms with Crippen LogP contribution in [-0.4, -0.2) is 15.1 Å². The highest BCUT2D eigenvalue weighted by Gasteiger charge is 2.29. The monoisotopic (exact) mass is 251 g/mol. The summed E-state index contributed by atoms with van der Waals surface area (Å²) in [6.07, 6.45) is 2.35. The van der Waals surface area contributed by atoms with Crippen LogP contribution in [0.2, 0.25) is 0 Å². The van der Waals surface area contributed by atoms with Crippen LogP contribution in [0.3, 0.4) is 0 Å². The first kappa shape index (κ1) is 10.7. The van der Waals surface area contributed by atoms with Gasteiger partial charge in [-0.25, -0.2) is 0 Å². The molecule has 94 valence electrons. The van der Waals surface area contributed by atoms with Crippen LogP contribution in [-0.2, 0) is 0 Å². The standard InChI is InChI=1S/C15H13N3O/c1-9-8-12(11-4-2-3-5-13(11)16-9)15-17-14(18-19-15)10-6-7-10/h2-5,8,10H,6-7H2,1H3. The first-order valence-corrected chi connectivity index (χ1v) is 6.51. The summed E-state index contributed by atoms with van der Waals surface area (Å²) in [5.41, 5.74) is 2.89. The molecule has 1 saturated carbocycles. The van der Waals surface area contributed by atoms with Crippen LogP contribution < -0.4 is 0 Å². The normalized spacial score (nSPS) is 15.0. The van der Waals surface area contributed by atoms with E-state index in [-0.39, 0.29) is 0 Å². The molecule has 1 fully saturated rings. The van der Waals surface area contributed by atoms with Crippen LogP contribution in [0.5, 0.6) is 0 Å². The molecule has 4 nitrogen and oxygen atoms in total. The van der Waals surface area contributed by atoms with Gasteiger partial charge < -0.3 is 4.52 Å². The maximum absolute atomic E-state index is 5.43. The smallest absolute Gasteiger partial charge is 0.258 e. The van der Waals surface area contributed by atoms with Gasteiger partial charge in [0.05, 0.1) is 11.1 Å². The lowest BCUT2D eigenvalue weighted by Crippen LogP contribution is -1.89. The van der Waals surface area contributed by atoms with Crippen molar-refractivity contribution in [3.63, 3.8) is 0 Å². The summed E-state index contributed by atoms with van der Waals surface area (Å²) in [6.45, 7) is 1.98. The van der Waals surface area contributed by atoms with Gasteiger partial charge in [-0.05, 0) is 31.9 Å². The number of rotatable bonds is 2. The Hall–Kier alpha value is -2.23. The van der Waals surface area contributed by atoms with Crippen LogP contribution in [0.25, 0.3) is 22.4 Å². The number of pyridine rings is 1. The summed E-state index contributed by atoms with van der Waals surface area (Å²) in [6, 6.07) is 10.0. The predicted octanol–water partition coefficient (Wildman–Crippen LogP) is 3.47. The maximum atomic E-state index is 5.43. The zero-order valence-electron chi connectivity index (χ0n) is 10.6. The second-order valence-electron chi connectivity index (χ2n) is 5.06. The van der Waals surface area contributed by atoms with E-state index in [0.717, 1.165) is 28.0 Å². The van der Waals surface area contributed by atoms with Gasteiger partial charge in [-0.1, -0.05) is 23.4 Å². The number of aromatic nitrogens is 3. The van der Waals surface area contributed by atoms with Gasteiger partial charge in [0.1, 0.15) is 0 Å². The molecule has 1 aliphatic carbocycles. The van der Waals surface area contributed by atoms with Crippen molar-refractivity contribution in [1.29, 1.82) is 0 Å². The topological polar surface area (TPSA) is 51.8 Å². The Morgan fingerprint density at radius 2 is 2.00 bits per heavy atom. The minimum Gasteiger partial charge on any atom is -0.334 e. The van der Waals surface area contributed by atoms with Crippen molar-refractivity contribution in [3.05, 3.63) is 41.9 Å². The highest BCUT2D eigenvalue weighted by Crippen LogP contribution is 2.39. The summed E-state index contributed by atoms with van der Waals surface area (Å²) >= 11 is 0. The number of nitrogens with zero attached hydrogens (tertiary/aromatic N) is 3. The number of hydrogen-bond donors (Lipinski definition) is 0. The fourth-order valence-electron chi connectivity index (χ4n) is 2.34. The largest absolute Gasteiger partial charge is 0.334 e. The summed E-state index contributed by atoms with van der Waals surface area (Å²) < 4.78 is 5.43. The van der Waals surface area contributed by atoms with Gasteiger partial charge in [-0.3, -0.25) is 4.98 Å². The minimum atomic E-state index is 0.506. The van der Waals surface area contributed by atoms with E-state index in [1.54, 1.807) is 0 Å². The van der Waals surface area contributed by atoms with E-state index in [1.165, 1.54) is 12.8 Å². The number of fused-ring (bicyclic) bond motifs is 1. The lowest BCUT2D eigenvalue weighted by Gasteiger charge is -2.03. The first-order valence-electron chi connectivity index (χ1n) is 6.51. The lowest BCUT2D eigenvalue weighted by atomic mass is 10.1. The number of hydrogen-bond acceptors (Lipinski definition) is 4. The molecule has 19 heavy (non-hydrogen) atoms. The number of benzene rings is 1. The van der Waals surface area contributed by atoms with E-state index in [4.69, 9.17) is 4.52 Å². The maximum Gasteiger partial charge on any atom is 0.258 e. The van der Waals surface area contributed by atoms with E-state index < -0.39 is 0 Å². The second kappa shape index (κ2) is 3.88. The molecular weight excluding hydrogens is 238 g/mol. The third-order valence-electron chi connectivity index (χ3n) is 3.46. The first-order chi connectivity index (χ1) is 9.31. The Morgan fingerprint density at radius 3 is 2.84 bits per heavy atom. The molecule has 0 N–H and O–H groups in total. The van der Waals surface area contributed by atoms with Crippen molar-refractivity contribution >= 4 is 10.9 Å². The Morgan fingerprint density at radius 1 is 1.16 bits per heavy atom. The van der Waals surface area contributed by atoms with E-state index in [1.807, 2.05) is 37.3 Å². The van der Waals surface area contributed by atoms with Crippen molar-refractivity contribution in [2.45, 2.75) is 25.7 Å². The summed E-state index contributed by atoms with van der Waals surface area (Å²) in [5, 5.41) is 5.14. The molecular formula is C15H13N3O.